The van der Waals surface area contributed by atoms with Crippen molar-refractivity contribution in [3.8, 4) is 0 Å². The molecule has 0 saturated heterocycles. The van der Waals surface area contributed by atoms with E-state index in [1.807, 2.05) is 6.07 Å². The van der Waals surface area contributed by atoms with E-state index in [4.69, 9.17) is 11.6 Å². The molecule has 0 fully saturated rings. The number of fused-ring (bicyclic) bond motifs is 1. The lowest BCUT2D eigenvalue weighted by molar-refractivity contribution is 0.739. The summed E-state index contributed by atoms with van der Waals surface area (Å²) >= 11 is 9.32. The van der Waals surface area contributed by atoms with Crippen molar-refractivity contribution >= 4 is 55.5 Å². The van der Waals surface area contributed by atoms with Crippen molar-refractivity contribution in [2.75, 3.05) is 18.4 Å². The lowest BCUT2D eigenvalue weighted by Gasteiger charge is -2.13. The highest BCUT2D eigenvalue weighted by Crippen LogP contribution is 2.31. The van der Waals surface area contributed by atoms with Crippen LogP contribution in [0, 0.1) is 0 Å². The van der Waals surface area contributed by atoms with Crippen LogP contribution in [0.5, 0.6) is 0 Å². The molecule has 5 nitrogen and oxygen atoms in total. The lowest BCUT2D eigenvalue weighted by atomic mass is 9.99. The molecule has 0 bridgehead atoms. The average Bonchev–Trinajstić information content (AvgIpc) is 3.02. The molecule has 0 amide bonds. The second-order valence-electron chi connectivity index (χ2n) is 5.61. The Kier molecular flexibility index (Phi) is 4.26. The Bertz CT molecular complexity index is 934. The number of anilines is 2. The quantitative estimate of drug-likeness (QED) is 0.563. The lowest BCUT2D eigenvalue weighted by Crippen LogP contribution is -2.19. The van der Waals surface area contributed by atoms with Crippen molar-refractivity contribution < 1.29 is 0 Å². The van der Waals surface area contributed by atoms with E-state index >= 15 is 0 Å². The van der Waals surface area contributed by atoms with Gasteiger partial charge >= 0.3 is 0 Å². The Morgan fingerprint density at radius 3 is 3.04 bits per heavy atom. The van der Waals surface area contributed by atoms with Gasteiger partial charge in [0.1, 0.15) is 5.82 Å². The highest BCUT2D eigenvalue weighted by Gasteiger charge is 2.12. The van der Waals surface area contributed by atoms with Gasteiger partial charge in [0.05, 0.1) is 4.47 Å². The fraction of sp³-hybridized carbons (Fsp3) is 0.176. The monoisotopic (exact) mass is 403 g/mol. The molecular formula is C17H15BrClN5. The molecule has 3 aromatic rings. The van der Waals surface area contributed by atoms with Crippen LogP contribution in [0.3, 0.4) is 0 Å². The Labute approximate surface area is 152 Å². The molecule has 24 heavy (non-hydrogen) atoms. The molecule has 2 aromatic heterocycles. The van der Waals surface area contributed by atoms with E-state index in [0.29, 0.717) is 5.82 Å². The number of nitrogens with zero attached hydrogens (tertiary/aromatic N) is 2. The first-order chi connectivity index (χ1) is 11.7. The maximum absolute atomic E-state index is 5.89. The van der Waals surface area contributed by atoms with Crippen LogP contribution < -0.4 is 10.6 Å². The summed E-state index contributed by atoms with van der Waals surface area (Å²) in [5, 5.41) is 8.06. The van der Waals surface area contributed by atoms with Crippen molar-refractivity contribution in [1.29, 1.82) is 0 Å². The van der Waals surface area contributed by atoms with Crippen LogP contribution in [0.1, 0.15) is 12.0 Å². The molecule has 3 N–H and O–H groups in total. The first kappa shape index (κ1) is 15.6. The number of hydrogen-bond acceptors (Lipinski definition) is 4. The predicted octanol–water partition coefficient (Wildman–Crippen LogP) is 4.49. The van der Waals surface area contributed by atoms with Gasteiger partial charge in [-0.05, 0) is 64.3 Å². The smallest absolute Gasteiger partial charge is 0.224 e. The summed E-state index contributed by atoms with van der Waals surface area (Å²) in [6.45, 7) is 1.94. The number of aromatic nitrogens is 3. The van der Waals surface area contributed by atoms with Crippen molar-refractivity contribution in [3.63, 3.8) is 0 Å². The van der Waals surface area contributed by atoms with Gasteiger partial charge in [-0.25, -0.2) is 4.98 Å². The van der Waals surface area contributed by atoms with Gasteiger partial charge in [0, 0.05) is 41.1 Å². The van der Waals surface area contributed by atoms with Gasteiger partial charge in [-0.1, -0.05) is 6.08 Å². The van der Waals surface area contributed by atoms with Gasteiger partial charge in [-0.3, -0.25) is 0 Å². The third-order valence-electron chi connectivity index (χ3n) is 4.07. The number of nitrogens with one attached hydrogen (secondary N) is 3. The molecule has 7 heteroatoms. The maximum atomic E-state index is 5.89. The van der Waals surface area contributed by atoms with Gasteiger partial charge in [0.2, 0.25) is 5.28 Å². The van der Waals surface area contributed by atoms with E-state index in [-0.39, 0.29) is 5.28 Å². The minimum atomic E-state index is 0.212. The number of hydrogen-bond donors (Lipinski definition) is 3. The van der Waals surface area contributed by atoms with Crippen LogP contribution in [-0.2, 0) is 0 Å². The SMILES string of the molecule is Clc1ncc(Br)c(Nc2ccc3[nH]cc(C4=CCNCC4)c3c2)n1. The second-order valence-corrected chi connectivity index (χ2v) is 6.80. The maximum Gasteiger partial charge on any atom is 0.224 e. The normalized spacial score (nSPS) is 14.7. The molecular weight excluding hydrogens is 390 g/mol. The van der Waals surface area contributed by atoms with Crippen molar-refractivity contribution in [2.24, 2.45) is 0 Å². The molecule has 122 valence electrons. The molecule has 1 aliphatic rings. The summed E-state index contributed by atoms with van der Waals surface area (Å²) in [5.74, 6) is 0.646. The minimum absolute atomic E-state index is 0.212. The van der Waals surface area contributed by atoms with Crippen molar-refractivity contribution in [1.82, 2.24) is 20.3 Å². The molecule has 4 rings (SSSR count). The van der Waals surface area contributed by atoms with Crippen LogP contribution in [0.4, 0.5) is 11.5 Å². The van der Waals surface area contributed by atoms with Crippen LogP contribution in [-0.4, -0.2) is 28.0 Å². The molecule has 0 spiro atoms. The zero-order chi connectivity index (χ0) is 16.5. The van der Waals surface area contributed by atoms with Crippen LogP contribution >= 0.6 is 27.5 Å². The fourth-order valence-electron chi connectivity index (χ4n) is 2.90. The van der Waals surface area contributed by atoms with Crippen molar-refractivity contribution in [2.45, 2.75) is 6.42 Å². The van der Waals surface area contributed by atoms with Gasteiger partial charge < -0.3 is 15.6 Å². The molecule has 1 aromatic carbocycles. The summed E-state index contributed by atoms with van der Waals surface area (Å²) in [5.41, 5.74) is 4.71. The summed E-state index contributed by atoms with van der Waals surface area (Å²) < 4.78 is 0.766. The van der Waals surface area contributed by atoms with Gasteiger partial charge in [0.15, 0.2) is 0 Å². The van der Waals surface area contributed by atoms with Crippen LogP contribution in [0.15, 0.2) is 41.1 Å². The Morgan fingerprint density at radius 1 is 1.29 bits per heavy atom. The van der Waals surface area contributed by atoms with Crippen molar-refractivity contribution in [3.05, 3.63) is 52.0 Å². The number of H-pyrrole nitrogens is 1. The van der Waals surface area contributed by atoms with E-state index in [1.54, 1.807) is 6.20 Å². The van der Waals surface area contributed by atoms with E-state index in [0.717, 1.165) is 35.2 Å². The summed E-state index contributed by atoms with van der Waals surface area (Å²) in [7, 11) is 0. The zero-order valence-electron chi connectivity index (χ0n) is 12.7. The molecule has 0 saturated carbocycles. The summed E-state index contributed by atoms with van der Waals surface area (Å²) in [6, 6.07) is 6.22. The molecule has 0 aliphatic carbocycles. The molecule has 0 unspecified atom stereocenters. The average molecular weight is 405 g/mol. The van der Waals surface area contributed by atoms with Crippen LogP contribution in [0.2, 0.25) is 5.28 Å². The third kappa shape index (κ3) is 3.05. The summed E-state index contributed by atoms with van der Waals surface area (Å²) in [6.07, 6.45) is 7.02. The molecule has 3 heterocycles. The van der Waals surface area contributed by atoms with Crippen LogP contribution in [0.25, 0.3) is 16.5 Å². The Balaban J connectivity index is 1.72. The second kappa shape index (κ2) is 6.55. The number of halogens is 2. The number of aromatic amines is 1. The highest BCUT2D eigenvalue weighted by molar-refractivity contribution is 9.10. The third-order valence-corrected chi connectivity index (χ3v) is 4.83. The first-order valence-corrected chi connectivity index (χ1v) is 8.84. The highest BCUT2D eigenvalue weighted by atomic mass is 79.9. The predicted molar refractivity (Wildman–Crippen MR) is 102 cm³/mol. The van der Waals surface area contributed by atoms with E-state index in [2.05, 4.69) is 65.9 Å². The van der Waals surface area contributed by atoms with E-state index in [9.17, 15) is 0 Å². The fourth-order valence-corrected chi connectivity index (χ4v) is 3.32. The molecule has 1 aliphatic heterocycles. The standard InChI is InChI=1S/C17H15BrClN5/c18-14-9-22-17(19)24-16(14)23-11-1-2-15-12(7-11)13(8-21-15)10-3-5-20-6-4-10/h1-3,7-9,20-21H,4-6H2,(H,22,23,24). The minimum Gasteiger partial charge on any atom is -0.361 e. The number of benzene rings is 1. The van der Waals surface area contributed by atoms with E-state index < -0.39 is 0 Å². The first-order valence-electron chi connectivity index (χ1n) is 7.67. The Hall–Kier alpha value is -1.89. The summed E-state index contributed by atoms with van der Waals surface area (Å²) in [4.78, 5) is 11.5. The zero-order valence-corrected chi connectivity index (χ0v) is 15.1. The van der Waals surface area contributed by atoms with Gasteiger partial charge in [0.25, 0.3) is 0 Å². The largest absolute Gasteiger partial charge is 0.361 e. The van der Waals surface area contributed by atoms with Gasteiger partial charge in [-0.2, -0.15) is 4.98 Å². The van der Waals surface area contributed by atoms with E-state index in [1.165, 1.54) is 16.5 Å². The van der Waals surface area contributed by atoms with Gasteiger partial charge in [-0.15, -0.1) is 0 Å². The number of rotatable bonds is 3. The molecule has 0 atom stereocenters. The topological polar surface area (TPSA) is 65.6 Å². The Morgan fingerprint density at radius 2 is 2.21 bits per heavy atom. The molecule has 0 radical (unpaired) electrons.